The van der Waals surface area contributed by atoms with Gasteiger partial charge in [0.2, 0.25) is 5.95 Å². The van der Waals surface area contributed by atoms with E-state index in [1.165, 1.54) is 0 Å². The molecule has 0 radical (unpaired) electrons. The number of amides is 1. The topological polar surface area (TPSA) is 120 Å². The summed E-state index contributed by atoms with van der Waals surface area (Å²) >= 11 is 0. The molecular weight excluding hydrogens is 478 g/mol. The van der Waals surface area contributed by atoms with Gasteiger partial charge in [-0.3, -0.25) is 4.79 Å². The minimum Gasteiger partial charge on any atom is -0.456 e. The van der Waals surface area contributed by atoms with Crippen LogP contribution in [0.4, 0.5) is 11.8 Å². The van der Waals surface area contributed by atoms with E-state index in [4.69, 9.17) is 10.5 Å². The Morgan fingerprint density at radius 1 is 1.08 bits per heavy atom. The lowest BCUT2D eigenvalue weighted by Crippen LogP contribution is -2.45. The lowest BCUT2D eigenvalue weighted by molar-refractivity contribution is 0.0951. The molecule has 5 rings (SSSR count). The first-order valence-corrected chi connectivity index (χ1v) is 12.5. The fourth-order valence-corrected chi connectivity index (χ4v) is 4.53. The molecular formula is C29H29N7O2. The van der Waals surface area contributed by atoms with Crippen LogP contribution in [0.2, 0.25) is 0 Å². The van der Waals surface area contributed by atoms with Crippen molar-refractivity contribution >= 4 is 28.6 Å². The molecule has 3 aromatic carbocycles. The number of aryl methyl sites for hydroxylation is 1. The Labute approximate surface area is 221 Å². The Morgan fingerprint density at radius 3 is 2.66 bits per heavy atom. The predicted molar refractivity (Wildman–Crippen MR) is 147 cm³/mol. The predicted octanol–water partition coefficient (Wildman–Crippen LogP) is 3.87. The number of nitrogens with two attached hydrogens (primary N) is 1. The molecule has 2 heterocycles. The van der Waals surface area contributed by atoms with Crippen LogP contribution in [0.25, 0.3) is 10.9 Å². The quantitative estimate of drug-likeness (QED) is 0.404. The summed E-state index contributed by atoms with van der Waals surface area (Å²) in [5.41, 5.74) is 9.38. The molecule has 4 aromatic rings. The third kappa shape index (κ3) is 5.36. The van der Waals surface area contributed by atoms with E-state index >= 15 is 0 Å². The number of nitrogens with one attached hydrogen (secondary N) is 1. The number of carbonyl (C=O) groups excluding carboxylic acids is 1. The van der Waals surface area contributed by atoms with Crippen molar-refractivity contribution < 1.29 is 9.53 Å². The molecule has 9 heteroatoms. The number of aromatic nitrogens is 2. The highest BCUT2D eigenvalue weighted by Gasteiger charge is 2.19. The van der Waals surface area contributed by atoms with Crippen LogP contribution in [-0.2, 0) is 6.54 Å². The van der Waals surface area contributed by atoms with E-state index in [-0.39, 0.29) is 11.9 Å². The number of rotatable bonds is 6. The van der Waals surface area contributed by atoms with Gasteiger partial charge in [-0.2, -0.15) is 10.2 Å². The van der Waals surface area contributed by atoms with Crippen LogP contribution in [0.3, 0.4) is 0 Å². The molecule has 0 spiro atoms. The molecule has 1 aliphatic rings. The number of benzene rings is 3. The molecule has 0 unspecified atom stereocenters. The van der Waals surface area contributed by atoms with Crippen molar-refractivity contribution in [2.45, 2.75) is 13.5 Å². The second-order valence-electron chi connectivity index (χ2n) is 9.42. The number of hydrogen-bond acceptors (Lipinski definition) is 8. The average Bonchev–Trinajstić information content (AvgIpc) is 2.92. The second kappa shape index (κ2) is 10.7. The Kier molecular flexibility index (Phi) is 7.07. The number of likely N-dealkylation sites (N-methyl/N-ethyl adjacent to an activating group) is 1. The number of anilines is 2. The lowest BCUT2D eigenvalue weighted by atomic mass is 10.1. The van der Waals surface area contributed by atoms with Gasteiger partial charge < -0.3 is 25.6 Å². The molecule has 9 nitrogen and oxygen atoms in total. The van der Waals surface area contributed by atoms with Gasteiger partial charge in [-0.15, -0.1) is 0 Å². The zero-order valence-corrected chi connectivity index (χ0v) is 21.4. The average molecular weight is 508 g/mol. The highest BCUT2D eigenvalue weighted by Crippen LogP contribution is 2.28. The van der Waals surface area contributed by atoms with Gasteiger partial charge in [-0.05, 0) is 61.5 Å². The summed E-state index contributed by atoms with van der Waals surface area (Å²) in [5.74, 6) is 1.86. The number of nitrogens with zero attached hydrogens (tertiary/aromatic N) is 5. The Morgan fingerprint density at radius 2 is 1.87 bits per heavy atom. The summed E-state index contributed by atoms with van der Waals surface area (Å²) in [4.78, 5) is 26.4. The van der Waals surface area contributed by atoms with Crippen LogP contribution in [0.1, 0.15) is 27.0 Å². The SMILES string of the molecule is Cc1cccc(Oc2cccc(CNC(=O)c3ccc4c(N5CCN(C)CC5)nc(N)nc4c3)c2)c1C#N. The van der Waals surface area contributed by atoms with Crippen molar-refractivity contribution in [2.75, 3.05) is 43.9 Å². The Hall–Kier alpha value is -4.68. The van der Waals surface area contributed by atoms with Crippen molar-refractivity contribution in [3.05, 3.63) is 82.9 Å². The van der Waals surface area contributed by atoms with Crippen LogP contribution < -0.4 is 20.7 Å². The third-order valence-electron chi connectivity index (χ3n) is 6.68. The third-order valence-corrected chi connectivity index (χ3v) is 6.68. The maximum absolute atomic E-state index is 13.0. The van der Waals surface area contributed by atoms with Crippen molar-refractivity contribution in [1.82, 2.24) is 20.2 Å². The normalized spacial score (nSPS) is 13.8. The first-order chi connectivity index (χ1) is 18.4. The van der Waals surface area contributed by atoms with Gasteiger partial charge in [-0.25, -0.2) is 4.98 Å². The monoisotopic (exact) mass is 507 g/mol. The van der Waals surface area contributed by atoms with E-state index in [1.54, 1.807) is 18.2 Å². The molecule has 0 bridgehead atoms. The fourth-order valence-electron chi connectivity index (χ4n) is 4.53. The number of ether oxygens (including phenoxy) is 1. The number of carbonyl (C=O) groups is 1. The van der Waals surface area contributed by atoms with Crippen molar-refractivity contribution in [3.63, 3.8) is 0 Å². The number of nitrogen functional groups attached to an aromatic ring is 1. The summed E-state index contributed by atoms with van der Waals surface area (Å²) in [5, 5.41) is 13.3. The van der Waals surface area contributed by atoms with E-state index in [0.29, 0.717) is 34.7 Å². The second-order valence-corrected chi connectivity index (χ2v) is 9.42. The number of hydrogen-bond donors (Lipinski definition) is 2. The summed E-state index contributed by atoms with van der Waals surface area (Å²) < 4.78 is 5.97. The van der Waals surface area contributed by atoms with E-state index in [2.05, 4.69) is 38.2 Å². The molecule has 192 valence electrons. The molecule has 38 heavy (non-hydrogen) atoms. The highest BCUT2D eigenvalue weighted by molar-refractivity contribution is 6.00. The van der Waals surface area contributed by atoms with Crippen LogP contribution in [-0.4, -0.2) is 54.0 Å². The minimum atomic E-state index is -0.220. The highest BCUT2D eigenvalue weighted by atomic mass is 16.5. The molecule has 0 aliphatic carbocycles. The van der Waals surface area contributed by atoms with E-state index in [9.17, 15) is 10.1 Å². The molecule has 1 aliphatic heterocycles. The number of fused-ring (bicyclic) bond motifs is 1. The van der Waals surface area contributed by atoms with Crippen LogP contribution in [0, 0.1) is 18.3 Å². The van der Waals surface area contributed by atoms with Crippen LogP contribution >= 0.6 is 0 Å². The molecule has 3 N–H and O–H groups in total. The standard InChI is InChI=1S/C29H29N7O2/c1-19-5-3-8-26(24(19)17-30)38-22-7-4-6-20(15-22)18-32-28(37)21-9-10-23-25(16-21)33-29(31)34-27(23)36-13-11-35(2)12-14-36/h3-10,15-16H,11-14,18H2,1-2H3,(H,32,37)(H2,31,33,34). The molecule has 1 saturated heterocycles. The van der Waals surface area contributed by atoms with Gasteiger partial charge in [0.1, 0.15) is 23.4 Å². The maximum atomic E-state index is 13.0. The van der Waals surface area contributed by atoms with E-state index < -0.39 is 0 Å². The van der Waals surface area contributed by atoms with Crippen LogP contribution in [0.15, 0.2) is 60.7 Å². The molecule has 0 saturated carbocycles. The van der Waals surface area contributed by atoms with Crippen molar-refractivity contribution in [2.24, 2.45) is 0 Å². The Balaban J connectivity index is 1.30. The van der Waals surface area contributed by atoms with Gasteiger partial charge in [0.25, 0.3) is 5.91 Å². The first kappa shape index (κ1) is 25.0. The summed E-state index contributed by atoms with van der Waals surface area (Å²) in [7, 11) is 2.10. The largest absolute Gasteiger partial charge is 0.456 e. The zero-order chi connectivity index (χ0) is 26.6. The zero-order valence-electron chi connectivity index (χ0n) is 21.4. The van der Waals surface area contributed by atoms with Crippen LogP contribution in [0.5, 0.6) is 11.5 Å². The first-order valence-electron chi connectivity index (χ1n) is 12.5. The molecule has 1 aromatic heterocycles. The maximum Gasteiger partial charge on any atom is 0.251 e. The van der Waals surface area contributed by atoms with Crippen molar-refractivity contribution in [3.8, 4) is 17.6 Å². The minimum absolute atomic E-state index is 0.189. The number of piperazine rings is 1. The van der Waals surface area contributed by atoms with Gasteiger partial charge in [-0.1, -0.05) is 24.3 Å². The molecule has 1 amide bonds. The van der Waals surface area contributed by atoms with E-state index in [1.807, 2.05) is 49.4 Å². The van der Waals surface area contributed by atoms with Crippen molar-refractivity contribution in [1.29, 1.82) is 5.26 Å². The van der Waals surface area contributed by atoms with Gasteiger partial charge in [0, 0.05) is 43.7 Å². The van der Waals surface area contributed by atoms with Gasteiger partial charge >= 0.3 is 0 Å². The lowest BCUT2D eigenvalue weighted by Gasteiger charge is -2.33. The summed E-state index contributed by atoms with van der Waals surface area (Å²) in [6.07, 6.45) is 0. The fraction of sp³-hybridized carbons (Fsp3) is 0.241. The van der Waals surface area contributed by atoms with Gasteiger partial charge in [0.15, 0.2) is 0 Å². The Bertz CT molecular complexity index is 1540. The summed E-state index contributed by atoms with van der Waals surface area (Å²) in [6.45, 7) is 5.79. The van der Waals surface area contributed by atoms with E-state index in [0.717, 1.165) is 48.5 Å². The molecule has 1 fully saturated rings. The summed E-state index contributed by atoms with van der Waals surface area (Å²) in [6, 6.07) is 20.6. The van der Waals surface area contributed by atoms with Gasteiger partial charge in [0.05, 0.1) is 11.1 Å². The molecule has 0 atom stereocenters. The number of nitriles is 1. The smallest absolute Gasteiger partial charge is 0.251 e.